The van der Waals surface area contributed by atoms with Crippen LogP contribution in [0, 0.1) is 11.6 Å². The zero-order valence-corrected chi connectivity index (χ0v) is 17.3. The lowest BCUT2D eigenvalue weighted by Gasteiger charge is -2.27. The predicted molar refractivity (Wildman–Crippen MR) is 108 cm³/mol. The van der Waals surface area contributed by atoms with E-state index in [4.69, 9.17) is 5.73 Å². The van der Waals surface area contributed by atoms with Crippen molar-refractivity contribution in [2.45, 2.75) is 18.5 Å². The van der Waals surface area contributed by atoms with E-state index in [1.165, 1.54) is 23.7 Å². The molecule has 0 radical (unpaired) electrons. The third kappa shape index (κ3) is 6.05. The van der Waals surface area contributed by atoms with E-state index in [9.17, 15) is 28.0 Å². The molecule has 12 heteroatoms. The van der Waals surface area contributed by atoms with Gasteiger partial charge in [-0.15, -0.1) is 0 Å². The lowest BCUT2D eigenvalue weighted by atomic mass is 10.1. The molecule has 1 aliphatic rings. The fraction of sp³-hybridized carbons (Fsp3) is 0.444. The Kier molecular flexibility index (Phi) is 7.98. The molecular formula is C18H23F2N5O4S. The standard InChI is InChI=1S/C18H23F2N5O4S/c1-24(8-15(21)26)17(28)14-6-11(7-25(14)16(27)9-30-2)22-18(29)23-13-4-3-10(19)5-12(13)20/h3-5,11,14H,6-9H2,1-2H3,(H2,21,26)(H2,22,23,29)/t11-,14-/m0/s1. The Hall–Kier alpha value is -2.89. The highest BCUT2D eigenvalue weighted by molar-refractivity contribution is 7.99. The molecule has 164 valence electrons. The molecule has 1 saturated heterocycles. The van der Waals surface area contributed by atoms with Crippen LogP contribution in [0.4, 0.5) is 19.3 Å². The second kappa shape index (κ2) is 10.2. The van der Waals surface area contributed by atoms with Crippen LogP contribution in [0.2, 0.25) is 0 Å². The summed E-state index contributed by atoms with van der Waals surface area (Å²) in [6, 6.07) is 0.495. The molecule has 0 aliphatic carbocycles. The quantitative estimate of drug-likeness (QED) is 0.561. The van der Waals surface area contributed by atoms with Gasteiger partial charge in [-0.05, 0) is 24.8 Å². The molecule has 1 fully saturated rings. The number of benzene rings is 1. The highest BCUT2D eigenvalue weighted by Crippen LogP contribution is 2.22. The van der Waals surface area contributed by atoms with E-state index >= 15 is 0 Å². The monoisotopic (exact) mass is 443 g/mol. The Labute approximate surface area is 176 Å². The first-order valence-electron chi connectivity index (χ1n) is 8.96. The number of carbonyl (C=O) groups is 4. The van der Waals surface area contributed by atoms with Gasteiger partial charge in [0.15, 0.2) is 0 Å². The molecule has 0 unspecified atom stereocenters. The third-order valence-corrected chi connectivity index (χ3v) is 4.99. The summed E-state index contributed by atoms with van der Waals surface area (Å²) in [6.45, 7) is -0.234. The third-order valence-electron chi connectivity index (χ3n) is 4.46. The molecule has 2 rings (SSSR count). The second-order valence-electron chi connectivity index (χ2n) is 6.81. The molecule has 1 aromatic carbocycles. The van der Waals surface area contributed by atoms with Crippen LogP contribution in [0.3, 0.4) is 0 Å². The molecule has 9 nitrogen and oxygen atoms in total. The van der Waals surface area contributed by atoms with Crippen LogP contribution in [-0.2, 0) is 14.4 Å². The van der Waals surface area contributed by atoms with Gasteiger partial charge in [0, 0.05) is 19.7 Å². The van der Waals surface area contributed by atoms with Gasteiger partial charge >= 0.3 is 6.03 Å². The van der Waals surface area contributed by atoms with Crippen molar-refractivity contribution >= 4 is 41.2 Å². The largest absolute Gasteiger partial charge is 0.368 e. The summed E-state index contributed by atoms with van der Waals surface area (Å²) >= 11 is 1.29. The van der Waals surface area contributed by atoms with E-state index in [1.807, 2.05) is 0 Å². The zero-order valence-electron chi connectivity index (χ0n) is 16.5. The van der Waals surface area contributed by atoms with Gasteiger partial charge in [-0.2, -0.15) is 11.8 Å². The first-order chi connectivity index (χ1) is 14.1. The van der Waals surface area contributed by atoms with E-state index in [0.29, 0.717) is 6.07 Å². The summed E-state index contributed by atoms with van der Waals surface area (Å²) in [6.07, 6.45) is 1.85. The Balaban J connectivity index is 2.07. The lowest BCUT2D eigenvalue weighted by Crippen LogP contribution is -2.48. The average molecular weight is 443 g/mol. The molecule has 1 aliphatic heterocycles. The van der Waals surface area contributed by atoms with Gasteiger partial charge in [0.25, 0.3) is 0 Å². The van der Waals surface area contributed by atoms with Crippen LogP contribution in [0.1, 0.15) is 6.42 Å². The number of likely N-dealkylation sites (N-methyl/N-ethyl adjacent to an activating group) is 1. The predicted octanol–water partition coefficient (Wildman–Crippen LogP) is 0.363. The van der Waals surface area contributed by atoms with Crippen molar-refractivity contribution in [1.29, 1.82) is 0 Å². The molecular weight excluding hydrogens is 420 g/mol. The number of carbonyl (C=O) groups excluding carboxylic acids is 4. The molecule has 1 aromatic rings. The fourth-order valence-electron chi connectivity index (χ4n) is 3.16. The number of hydrogen-bond acceptors (Lipinski definition) is 5. The number of anilines is 1. The molecule has 0 saturated carbocycles. The Morgan fingerprint density at radius 1 is 1.30 bits per heavy atom. The number of rotatable bonds is 7. The van der Waals surface area contributed by atoms with Crippen LogP contribution in [0.15, 0.2) is 18.2 Å². The van der Waals surface area contributed by atoms with Crippen molar-refractivity contribution in [2.75, 3.05) is 37.5 Å². The highest BCUT2D eigenvalue weighted by atomic mass is 32.2. The first-order valence-corrected chi connectivity index (χ1v) is 10.4. The molecule has 1 heterocycles. The SMILES string of the molecule is CSCC(=O)N1C[C@@H](NC(=O)Nc2ccc(F)cc2F)C[C@H]1C(=O)N(C)CC(N)=O. The maximum atomic E-state index is 13.7. The van der Waals surface area contributed by atoms with Gasteiger partial charge in [0.05, 0.1) is 24.0 Å². The number of nitrogens with two attached hydrogens (primary N) is 1. The molecule has 30 heavy (non-hydrogen) atoms. The van der Waals surface area contributed by atoms with Crippen molar-refractivity contribution in [3.63, 3.8) is 0 Å². The Morgan fingerprint density at radius 3 is 2.60 bits per heavy atom. The number of nitrogens with one attached hydrogen (secondary N) is 2. The number of urea groups is 1. The minimum Gasteiger partial charge on any atom is -0.368 e. The van der Waals surface area contributed by atoms with E-state index in [-0.39, 0.29) is 36.9 Å². The first kappa shape index (κ1) is 23.4. The number of likely N-dealkylation sites (tertiary alicyclic amines) is 1. The minimum absolute atomic E-state index is 0.0690. The molecule has 0 aromatic heterocycles. The smallest absolute Gasteiger partial charge is 0.319 e. The van der Waals surface area contributed by atoms with Crippen molar-refractivity contribution in [2.24, 2.45) is 5.73 Å². The van der Waals surface area contributed by atoms with E-state index in [1.54, 1.807) is 6.26 Å². The number of halogens is 2. The van der Waals surface area contributed by atoms with Gasteiger partial charge in [-0.1, -0.05) is 0 Å². The van der Waals surface area contributed by atoms with Crippen molar-refractivity contribution in [3.05, 3.63) is 29.8 Å². The number of amides is 5. The molecule has 4 N–H and O–H groups in total. The zero-order chi connectivity index (χ0) is 22.4. The van der Waals surface area contributed by atoms with Crippen LogP contribution >= 0.6 is 11.8 Å². The van der Waals surface area contributed by atoms with E-state index in [0.717, 1.165) is 17.0 Å². The summed E-state index contributed by atoms with van der Waals surface area (Å²) in [5, 5.41) is 4.86. The second-order valence-corrected chi connectivity index (χ2v) is 7.68. The lowest BCUT2D eigenvalue weighted by molar-refractivity contribution is -0.142. The Bertz CT molecular complexity index is 841. The number of hydrogen-bond donors (Lipinski definition) is 3. The van der Waals surface area contributed by atoms with Crippen LogP contribution in [0.25, 0.3) is 0 Å². The number of primary amides is 1. The van der Waals surface area contributed by atoms with E-state index < -0.39 is 41.6 Å². The number of thioether (sulfide) groups is 1. The van der Waals surface area contributed by atoms with E-state index in [2.05, 4.69) is 10.6 Å². The van der Waals surface area contributed by atoms with Gasteiger partial charge < -0.3 is 26.2 Å². The Morgan fingerprint density at radius 2 is 2.00 bits per heavy atom. The topological polar surface area (TPSA) is 125 Å². The molecule has 5 amide bonds. The molecule has 0 bridgehead atoms. The van der Waals surface area contributed by atoms with Gasteiger partial charge in [0.2, 0.25) is 17.7 Å². The normalized spacial score (nSPS) is 18.1. The molecule has 0 spiro atoms. The van der Waals surface area contributed by atoms with Crippen molar-refractivity contribution in [3.8, 4) is 0 Å². The molecule has 2 atom stereocenters. The summed E-state index contributed by atoms with van der Waals surface area (Å²) in [5.74, 6) is -3.03. The fourth-order valence-corrected chi connectivity index (χ4v) is 3.57. The van der Waals surface area contributed by atoms with Crippen LogP contribution in [-0.4, -0.2) is 77.8 Å². The van der Waals surface area contributed by atoms with Gasteiger partial charge in [-0.25, -0.2) is 13.6 Å². The summed E-state index contributed by atoms with van der Waals surface area (Å²) in [5.41, 5.74) is 4.91. The minimum atomic E-state index is -0.936. The van der Waals surface area contributed by atoms with Crippen molar-refractivity contribution < 1.29 is 28.0 Å². The average Bonchev–Trinajstić information content (AvgIpc) is 3.06. The highest BCUT2D eigenvalue weighted by Gasteiger charge is 2.41. The summed E-state index contributed by atoms with van der Waals surface area (Å²) in [4.78, 5) is 50.9. The maximum absolute atomic E-state index is 13.7. The van der Waals surface area contributed by atoms with Crippen LogP contribution < -0.4 is 16.4 Å². The van der Waals surface area contributed by atoms with Gasteiger partial charge in [0.1, 0.15) is 17.7 Å². The van der Waals surface area contributed by atoms with Crippen LogP contribution in [0.5, 0.6) is 0 Å². The van der Waals surface area contributed by atoms with Crippen molar-refractivity contribution in [1.82, 2.24) is 15.1 Å². The van der Waals surface area contributed by atoms with Gasteiger partial charge in [-0.3, -0.25) is 14.4 Å². The maximum Gasteiger partial charge on any atom is 0.319 e. The number of nitrogens with zero attached hydrogens (tertiary/aromatic N) is 2. The summed E-state index contributed by atoms with van der Waals surface area (Å²) in [7, 11) is 1.40. The summed E-state index contributed by atoms with van der Waals surface area (Å²) < 4.78 is 26.7.